The molecule has 0 aromatic carbocycles. The van der Waals surface area contributed by atoms with Crippen LogP contribution >= 0.6 is 0 Å². The summed E-state index contributed by atoms with van der Waals surface area (Å²) in [6.07, 6.45) is 5.09. The number of ether oxygens (including phenoxy) is 1. The van der Waals surface area contributed by atoms with Crippen molar-refractivity contribution < 1.29 is 9.53 Å². The Bertz CT molecular complexity index is 304. The summed E-state index contributed by atoms with van der Waals surface area (Å²) in [5, 5.41) is 0. The summed E-state index contributed by atoms with van der Waals surface area (Å²) in [6, 6.07) is 0.0688. The van der Waals surface area contributed by atoms with E-state index in [1.54, 1.807) is 0 Å². The average Bonchev–Trinajstić information content (AvgIpc) is 2.19. The van der Waals surface area contributed by atoms with Crippen LogP contribution < -0.4 is 5.73 Å². The molecule has 0 saturated heterocycles. The van der Waals surface area contributed by atoms with Gasteiger partial charge in [0.2, 0.25) is 0 Å². The van der Waals surface area contributed by atoms with Crippen LogP contribution in [0.5, 0.6) is 0 Å². The summed E-state index contributed by atoms with van der Waals surface area (Å²) in [4.78, 5) is 12.0. The molecule has 16 heavy (non-hydrogen) atoms. The number of hydrogen-bond donors (Lipinski definition) is 1. The van der Waals surface area contributed by atoms with Crippen molar-refractivity contribution in [3.8, 4) is 0 Å². The molecule has 0 heterocycles. The normalized spacial score (nSPS) is 49.4. The molecule has 4 fully saturated rings. The minimum Gasteiger partial charge on any atom is -0.466 e. The van der Waals surface area contributed by atoms with Gasteiger partial charge in [-0.3, -0.25) is 4.79 Å². The molecule has 0 spiro atoms. The van der Waals surface area contributed by atoms with Crippen LogP contribution in [0.25, 0.3) is 0 Å². The molecule has 4 saturated carbocycles. The van der Waals surface area contributed by atoms with E-state index >= 15 is 0 Å². The van der Waals surface area contributed by atoms with Crippen molar-refractivity contribution in [2.24, 2.45) is 35.3 Å². The molecule has 2 N–H and O–H groups in total. The van der Waals surface area contributed by atoms with Crippen molar-refractivity contribution in [1.82, 2.24) is 0 Å². The van der Waals surface area contributed by atoms with Crippen molar-refractivity contribution in [3.05, 3.63) is 0 Å². The zero-order chi connectivity index (χ0) is 11.3. The van der Waals surface area contributed by atoms with E-state index in [2.05, 4.69) is 0 Å². The van der Waals surface area contributed by atoms with Crippen LogP contribution in [-0.4, -0.2) is 18.6 Å². The Morgan fingerprint density at radius 3 is 2.31 bits per heavy atom. The maximum Gasteiger partial charge on any atom is 0.310 e. The molecule has 4 aliphatic carbocycles. The first-order valence-electron chi connectivity index (χ1n) is 6.66. The summed E-state index contributed by atoms with van der Waals surface area (Å²) >= 11 is 0. The van der Waals surface area contributed by atoms with Gasteiger partial charge in [-0.2, -0.15) is 0 Å². The molecule has 0 radical (unpaired) electrons. The van der Waals surface area contributed by atoms with E-state index in [0.29, 0.717) is 18.4 Å². The number of esters is 1. The van der Waals surface area contributed by atoms with Gasteiger partial charge in [-0.15, -0.1) is 0 Å². The Morgan fingerprint density at radius 2 is 1.69 bits per heavy atom. The largest absolute Gasteiger partial charge is 0.466 e. The van der Waals surface area contributed by atoms with Crippen molar-refractivity contribution in [3.63, 3.8) is 0 Å². The molecule has 4 aliphatic rings. The monoisotopic (exact) mass is 223 g/mol. The fourth-order valence-electron chi connectivity index (χ4n) is 4.47. The number of nitrogens with two attached hydrogens (primary N) is 1. The Balaban J connectivity index is 1.81. The second kappa shape index (κ2) is 3.73. The van der Waals surface area contributed by atoms with Gasteiger partial charge in [-0.1, -0.05) is 0 Å². The lowest BCUT2D eigenvalue weighted by molar-refractivity contribution is -0.167. The van der Waals surface area contributed by atoms with Gasteiger partial charge in [0.05, 0.1) is 12.5 Å². The highest BCUT2D eigenvalue weighted by molar-refractivity contribution is 5.74. The molecule has 90 valence electrons. The number of carbonyl (C=O) groups excluding carboxylic acids is 1. The third-order valence-corrected chi connectivity index (χ3v) is 5.25. The van der Waals surface area contributed by atoms with Gasteiger partial charge in [-0.05, 0) is 56.3 Å². The second-order valence-electron chi connectivity index (χ2n) is 5.67. The molecule has 0 aromatic heterocycles. The Labute approximate surface area is 96.7 Å². The molecule has 2 bridgehead atoms. The third-order valence-electron chi connectivity index (χ3n) is 5.25. The molecule has 0 amide bonds. The van der Waals surface area contributed by atoms with Crippen LogP contribution in [-0.2, 0) is 9.53 Å². The van der Waals surface area contributed by atoms with Crippen molar-refractivity contribution in [2.45, 2.75) is 38.6 Å². The summed E-state index contributed by atoms with van der Waals surface area (Å²) in [5.74, 6) is 2.71. The third kappa shape index (κ3) is 1.27. The Kier molecular flexibility index (Phi) is 2.46. The van der Waals surface area contributed by atoms with Crippen LogP contribution in [0, 0.1) is 29.6 Å². The van der Waals surface area contributed by atoms with Crippen LogP contribution in [0.3, 0.4) is 0 Å². The van der Waals surface area contributed by atoms with E-state index in [0.717, 1.165) is 11.8 Å². The molecular weight excluding hydrogens is 202 g/mol. The van der Waals surface area contributed by atoms with Crippen LogP contribution in [0.1, 0.15) is 32.6 Å². The molecule has 0 aliphatic heterocycles. The molecule has 6 atom stereocenters. The Morgan fingerprint density at radius 1 is 1.12 bits per heavy atom. The molecule has 3 nitrogen and oxygen atoms in total. The van der Waals surface area contributed by atoms with Crippen LogP contribution in [0.15, 0.2) is 0 Å². The van der Waals surface area contributed by atoms with E-state index in [1.807, 2.05) is 6.92 Å². The van der Waals surface area contributed by atoms with Gasteiger partial charge in [0.1, 0.15) is 0 Å². The molecule has 3 unspecified atom stereocenters. The predicted octanol–water partition coefficient (Wildman–Crippen LogP) is 1.56. The lowest BCUT2D eigenvalue weighted by atomic mass is 9.46. The fourth-order valence-corrected chi connectivity index (χ4v) is 4.47. The molecular formula is C13H21NO2. The van der Waals surface area contributed by atoms with E-state index in [-0.39, 0.29) is 17.9 Å². The van der Waals surface area contributed by atoms with E-state index in [9.17, 15) is 4.79 Å². The van der Waals surface area contributed by atoms with Gasteiger partial charge in [-0.25, -0.2) is 0 Å². The highest BCUT2D eigenvalue weighted by atomic mass is 16.5. The number of hydrogen-bond acceptors (Lipinski definition) is 3. The van der Waals surface area contributed by atoms with Gasteiger partial charge in [0.25, 0.3) is 0 Å². The summed E-state index contributed by atoms with van der Waals surface area (Å²) in [6.45, 7) is 2.35. The first-order valence-corrected chi connectivity index (χ1v) is 6.66. The highest BCUT2D eigenvalue weighted by Crippen LogP contribution is 2.59. The van der Waals surface area contributed by atoms with Crippen LogP contribution in [0.2, 0.25) is 0 Å². The SMILES string of the molecule is CCOC(=O)C1[C@H]2CC[C@H](C3CCC32)[C@@H]1N. The zero-order valence-electron chi connectivity index (χ0n) is 9.89. The maximum absolute atomic E-state index is 12.0. The Hall–Kier alpha value is -0.570. The number of fused-ring (bicyclic) bond motifs is 2. The van der Waals surface area contributed by atoms with Gasteiger partial charge in [0.15, 0.2) is 0 Å². The quantitative estimate of drug-likeness (QED) is 0.723. The molecule has 3 heteroatoms. The van der Waals surface area contributed by atoms with E-state index in [1.165, 1.54) is 25.7 Å². The predicted molar refractivity (Wildman–Crippen MR) is 60.5 cm³/mol. The fraction of sp³-hybridized carbons (Fsp3) is 0.923. The van der Waals surface area contributed by atoms with Crippen molar-refractivity contribution in [2.75, 3.05) is 6.61 Å². The van der Waals surface area contributed by atoms with Gasteiger partial charge < -0.3 is 10.5 Å². The minimum atomic E-state index is -0.0324. The standard InChI is InChI=1S/C13H21NO2/c1-2-16-13(15)11-9-5-6-10(12(11)14)8-4-3-7(8)9/h7-12H,2-6,14H2,1H3/t7?,8?,9-,10+,11?,12-/m0/s1. The van der Waals surface area contributed by atoms with Gasteiger partial charge in [0, 0.05) is 6.04 Å². The summed E-state index contributed by atoms with van der Waals surface area (Å²) in [5.41, 5.74) is 6.28. The van der Waals surface area contributed by atoms with E-state index in [4.69, 9.17) is 10.5 Å². The molecule has 4 rings (SSSR count). The number of carbonyl (C=O) groups is 1. The highest BCUT2D eigenvalue weighted by Gasteiger charge is 2.58. The first-order chi connectivity index (χ1) is 7.74. The van der Waals surface area contributed by atoms with Crippen molar-refractivity contribution in [1.29, 1.82) is 0 Å². The zero-order valence-corrected chi connectivity index (χ0v) is 9.89. The topological polar surface area (TPSA) is 52.3 Å². The average molecular weight is 223 g/mol. The molecule has 0 aromatic rings. The van der Waals surface area contributed by atoms with E-state index < -0.39 is 0 Å². The first kappa shape index (κ1) is 10.6. The van der Waals surface area contributed by atoms with Gasteiger partial charge >= 0.3 is 5.97 Å². The second-order valence-corrected chi connectivity index (χ2v) is 5.67. The lowest BCUT2D eigenvalue weighted by Crippen LogP contribution is -2.62. The van der Waals surface area contributed by atoms with Crippen molar-refractivity contribution >= 4 is 5.97 Å². The summed E-state index contributed by atoms with van der Waals surface area (Å²) in [7, 11) is 0. The summed E-state index contributed by atoms with van der Waals surface area (Å²) < 4.78 is 5.19. The minimum absolute atomic E-state index is 0.000231. The maximum atomic E-state index is 12.0. The number of rotatable bonds is 2. The smallest absolute Gasteiger partial charge is 0.310 e. The lowest BCUT2D eigenvalue weighted by Gasteiger charge is -2.60. The van der Waals surface area contributed by atoms with Crippen LogP contribution in [0.4, 0.5) is 0 Å².